The fourth-order valence-corrected chi connectivity index (χ4v) is 2.64. The first-order valence-corrected chi connectivity index (χ1v) is 7.14. The number of hydrogen-bond donors (Lipinski definition) is 2. The molecule has 0 atom stereocenters. The molecule has 2 aromatic carbocycles. The molecule has 0 aliphatic carbocycles. The van der Waals surface area contributed by atoms with Gasteiger partial charge in [0.05, 0.1) is 0 Å². The largest absolute Gasteiger partial charge is 0.322 e. The first-order chi connectivity index (χ1) is 10.0. The average molecular weight is 319 g/mol. The van der Waals surface area contributed by atoms with E-state index in [2.05, 4.69) is 10.6 Å². The Morgan fingerprint density at radius 2 is 1.55 bits per heavy atom. The third-order valence-corrected chi connectivity index (χ3v) is 3.50. The fraction of sp³-hybridized carbons (Fsp3) is 0.278. The van der Waals surface area contributed by atoms with Crippen molar-refractivity contribution in [2.75, 3.05) is 12.4 Å². The first-order valence-electron chi connectivity index (χ1n) is 7.14. The number of carbonyl (C=O) groups is 1. The highest BCUT2D eigenvalue weighted by Crippen LogP contribution is 2.18. The van der Waals surface area contributed by atoms with Crippen LogP contribution in [0.15, 0.2) is 36.4 Å². The van der Waals surface area contributed by atoms with Gasteiger partial charge in [-0.2, -0.15) is 0 Å². The van der Waals surface area contributed by atoms with E-state index < -0.39 is 0 Å². The normalized spacial score (nSPS) is 10.0. The highest BCUT2D eigenvalue weighted by Gasteiger charge is 2.12. The molecule has 0 heterocycles. The minimum atomic E-state index is -0.0497. The van der Waals surface area contributed by atoms with Crippen molar-refractivity contribution in [1.29, 1.82) is 0 Å². The van der Waals surface area contributed by atoms with Crippen LogP contribution in [-0.4, -0.2) is 13.0 Å². The standard InChI is InChI=1S/C18H22N2O.ClH/c1-12-9-13(2)17(14(3)10-12)18(21)20-16-7-5-15(6-8-16)11-19-4;/h5-10,19H,11H2,1-4H3,(H,20,21);1H. The summed E-state index contributed by atoms with van der Waals surface area (Å²) in [5.74, 6) is -0.0497. The second-order valence-corrected chi connectivity index (χ2v) is 5.46. The Balaban J connectivity index is 0.00000242. The molecule has 22 heavy (non-hydrogen) atoms. The van der Waals surface area contributed by atoms with Gasteiger partial charge in [-0.3, -0.25) is 4.79 Å². The topological polar surface area (TPSA) is 41.1 Å². The van der Waals surface area contributed by atoms with Crippen molar-refractivity contribution in [2.45, 2.75) is 27.3 Å². The lowest BCUT2D eigenvalue weighted by molar-refractivity contribution is 0.102. The molecule has 3 nitrogen and oxygen atoms in total. The number of halogens is 1. The van der Waals surface area contributed by atoms with Crippen molar-refractivity contribution >= 4 is 24.0 Å². The molecular weight excluding hydrogens is 296 g/mol. The Kier molecular flexibility index (Phi) is 6.60. The second kappa shape index (κ2) is 7.97. The van der Waals surface area contributed by atoms with Crippen molar-refractivity contribution in [3.8, 4) is 0 Å². The second-order valence-electron chi connectivity index (χ2n) is 5.46. The Morgan fingerprint density at radius 3 is 2.05 bits per heavy atom. The van der Waals surface area contributed by atoms with Crippen LogP contribution in [-0.2, 0) is 6.54 Å². The predicted octanol–water partition coefficient (Wildman–Crippen LogP) is 4.01. The highest BCUT2D eigenvalue weighted by atomic mass is 35.5. The van der Waals surface area contributed by atoms with Crippen LogP contribution in [0.4, 0.5) is 5.69 Å². The fourth-order valence-electron chi connectivity index (χ4n) is 2.64. The Hall–Kier alpha value is -1.84. The van der Waals surface area contributed by atoms with Gasteiger partial charge >= 0.3 is 0 Å². The lowest BCUT2D eigenvalue weighted by Gasteiger charge is -2.12. The molecule has 4 heteroatoms. The maximum absolute atomic E-state index is 12.5. The average Bonchev–Trinajstić information content (AvgIpc) is 2.40. The quantitative estimate of drug-likeness (QED) is 0.894. The maximum Gasteiger partial charge on any atom is 0.256 e. The molecule has 0 saturated carbocycles. The monoisotopic (exact) mass is 318 g/mol. The van der Waals surface area contributed by atoms with E-state index in [1.165, 1.54) is 11.1 Å². The van der Waals surface area contributed by atoms with Crippen LogP contribution >= 0.6 is 12.4 Å². The number of anilines is 1. The predicted molar refractivity (Wildman–Crippen MR) is 95.1 cm³/mol. The molecule has 0 radical (unpaired) electrons. The van der Waals surface area contributed by atoms with E-state index in [1.54, 1.807) is 0 Å². The van der Waals surface area contributed by atoms with Gasteiger partial charge in [0.25, 0.3) is 5.91 Å². The molecule has 0 fully saturated rings. The molecule has 118 valence electrons. The lowest BCUT2D eigenvalue weighted by Crippen LogP contribution is -2.15. The van der Waals surface area contributed by atoms with Crippen molar-refractivity contribution < 1.29 is 4.79 Å². The SMILES string of the molecule is CNCc1ccc(NC(=O)c2c(C)cc(C)cc2C)cc1.Cl. The molecule has 0 unspecified atom stereocenters. The Bertz CT molecular complexity index is 628. The van der Waals surface area contributed by atoms with E-state index in [0.29, 0.717) is 0 Å². The zero-order valence-electron chi connectivity index (χ0n) is 13.5. The Morgan fingerprint density at radius 1 is 1.00 bits per heavy atom. The third kappa shape index (κ3) is 4.33. The summed E-state index contributed by atoms with van der Waals surface area (Å²) in [5.41, 5.74) is 5.98. The van der Waals surface area contributed by atoms with Crippen LogP contribution in [0.5, 0.6) is 0 Å². The summed E-state index contributed by atoms with van der Waals surface area (Å²) in [6.45, 7) is 6.82. The molecule has 2 aromatic rings. The summed E-state index contributed by atoms with van der Waals surface area (Å²) in [6, 6.07) is 12.0. The first kappa shape index (κ1) is 18.2. The van der Waals surface area contributed by atoms with Gasteiger partial charge in [0.15, 0.2) is 0 Å². The van der Waals surface area contributed by atoms with E-state index in [9.17, 15) is 4.79 Å². The van der Waals surface area contributed by atoms with Gasteiger partial charge in [0.1, 0.15) is 0 Å². The molecule has 0 aromatic heterocycles. The number of carbonyl (C=O) groups excluding carboxylic acids is 1. The van der Waals surface area contributed by atoms with Gasteiger partial charge in [0.2, 0.25) is 0 Å². The number of benzene rings is 2. The summed E-state index contributed by atoms with van der Waals surface area (Å²) in [4.78, 5) is 12.5. The van der Waals surface area contributed by atoms with E-state index >= 15 is 0 Å². The molecule has 0 aliphatic heterocycles. The molecule has 2 rings (SSSR count). The summed E-state index contributed by atoms with van der Waals surface area (Å²) in [5, 5.41) is 6.07. The number of hydrogen-bond acceptors (Lipinski definition) is 2. The van der Waals surface area contributed by atoms with E-state index in [-0.39, 0.29) is 18.3 Å². The van der Waals surface area contributed by atoms with Gasteiger partial charge in [-0.25, -0.2) is 0 Å². The zero-order chi connectivity index (χ0) is 15.4. The number of amides is 1. The van der Waals surface area contributed by atoms with Crippen LogP contribution < -0.4 is 10.6 Å². The molecule has 0 aliphatic rings. The smallest absolute Gasteiger partial charge is 0.256 e. The van der Waals surface area contributed by atoms with Crippen molar-refractivity contribution in [3.05, 3.63) is 64.2 Å². The molecule has 0 saturated heterocycles. The number of aryl methyl sites for hydroxylation is 3. The summed E-state index contributed by atoms with van der Waals surface area (Å²) < 4.78 is 0. The van der Waals surface area contributed by atoms with Gasteiger partial charge < -0.3 is 10.6 Å². The molecule has 2 N–H and O–H groups in total. The third-order valence-electron chi connectivity index (χ3n) is 3.50. The highest BCUT2D eigenvalue weighted by molar-refractivity contribution is 6.06. The minimum Gasteiger partial charge on any atom is -0.322 e. The van der Waals surface area contributed by atoms with Crippen molar-refractivity contribution in [3.63, 3.8) is 0 Å². The summed E-state index contributed by atoms with van der Waals surface area (Å²) in [6.07, 6.45) is 0. The van der Waals surface area contributed by atoms with Gasteiger partial charge in [-0.15, -0.1) is 12.4 Å². The van der Waals surface area contributed by atoms with Crippen molar-refractivity contribution in [1.82, 2.24) is 5.32 Å². The molecule has 0 bridgehead atoms. The minimum absolute atomic E-state index is 0. The maximum atomic E-state index is 12.5. The van der Waals surface area contributed by atoms with Crippen LogP contribution in [0.3, 0.4) is 0 Å². The van der Waals surface area contributed by atoms with Gasteiger partial charge in [0, 0.05) is 17.8 Å². The summed E-state index contributed by atoms with van der Waals surface area (Å²) >= 11 is 0. The van der Waals surface area contributed by atoms with Crippen LogP contribution in [0, 0.1) is 20.8 Å². The van der Waals surface area contributed by atoms with Crippen molar-refractivity contribution in [2.24, 2.45) is 0 Å². The summed E-state index contributed by atoms with van der Waals surface area (Å²) in [7, 11) is 1.92. The molecular formula is C18H23ClN2O. The van der Waals surface area contributed by atoms with E-state index in [1.807, 2.05) is 64.2 Å². The van der Waals surface area contributed by atoms with Crippen LogP contribution in [0.25, 0.3) is 0 Å². The zero-order valence-corrected chi connectivity index (χ0v) is 14.3. The van der Waals surface area contributed by atoms with Gasteiger partial charge in [-0.1, -0.05) is 29.8 Å². The Labute approximate surface area is 138 Å². The number of rotatable bonds is 4. The van der Waals surface area contributed by atoms with Crippen LogP contribution in [0.1, 0.15) is 32.6 Å². The molecule has 0 spiro atoms. The molecule has 1 amide bonds. The van der Waals surface area contributed by atoms with E-state index in [0.717, 1.165) is 28.9 Å². The van der Waals surface area contributed by atoms with Crippen LogP contribution in [0.2, 0.25) is 0 Å². The lowest BCUT2D eigenvalue weighted by atomic mass is 9.99. The van der Waals surface area contributed by atoms with Gasteiger partial charge in [-0.05, 0) is 56.6 Å². The number of nitrogens with one attached hydrogen (secondary N) is 2. The van der Waals surface area contributed by atoms with E-state index in [4.69, 9.17) is 0 Å².